The first-order chi connectivity index (χ1) is 19.4. The van der Waals surface area contributed by atoms with E-state index < -0.39 is 23.2 Å². The molecule has 0 spiro atoms. The number of hydrogen-bond donors (Lipinski definition) is 2. The van der Waals surface area contributed by atoms with Gasteiger partial charge in [0.2, 0.25) is 5.91 Å². The molecule has 1 aromatic heterocycles. The molecule has 6 nitrogen and oxygen atoms in total. The maximum absolute atomic E-state index is 13.6. The number of likely N-dealkylation sites (tertiary alicyclic amines) is 1. The van der Waals surface area contributed by atoms with Gasteiger partial charge in [-0.05, 0) is 68.2 Å². The minimum Gasteiger partial charge on any atom is -0.351 e. The van der Waals surface area contributed by atoms with Crippen molar-refractivity contribution >= 4 is 28.4 Å². The van der Waals surface area contributed by atoms with Gasteiger partial charge in [0, 0.05) is 42.7 Å². The van der Waals surface area contributed by atoms with Crippen LogP contribution in [0, 0.1) is 11.8 Å². The van der Waals surface area contributed by atoms with Gasteiger partial charge in [0.1, 0.15) is 0 Å². The standard InChI is InChI=1S/C32H33F3N4O2/c1-31(2,3)38-30(41)39-16-14-25-23(20-7-4-9-22(17-20)32(33,34)35)12-13-26(27(25)19-39)29(40)37-18-21-8-5-11-28-24(21)10-6-15-36-28/h4-13,15,17,26-27H,14,16,18-19H2,1-3H3,(H,37,40)(H,38,41). The minimum absolute atomic E-state index is 0.203. The molecule has 2 aromatic carbocycles. The van der Waals surface area contributed by atoms with Gasteiger partial charge < -0.3 is 15.5 Å². The monoisotopic (exact) mass is 562 g/mol. The van der Waals surface area contributed by atoms with Gasteiger partial charge in [-0.1, -0.05) is 48.1 Å². The number of urea groups is 1. The van der Waals surface area contributed by atoms with E-state index in [2.05, 4.69) is 15.6 Å². The van der Waals surface area contributed by atoms with Crippen LogP contribution in [0.4, 0.5) is 18.0 Å². The van der Waals surface area contributed by atoms with Gasteiger partial charge >= 0.3 is 12.2 Å². The van der Waals surface area contributed by atoms with Gasteiger partial charge in [0.15, 0.2) is 0 Å². The van der Waals surface area contributed by atoms with E-state index >= 15 is 0 Å². The highest BCUT2D eigenvalue weighted by Crippen LogP contribution is 2.41. The number of nitrogens with zero attached hydrogens (tertiary/aromatic N) is 2. The number of halogens is 3. The third-order valence-corrected chi connectivity index (χ3v) is 7.53. The van der Waals surface area contributed by atoms with Gasteiger partial charge in [-0.2, -0.15) is 13.2 Å². The normalized spacial score (nSPS) is 19.2. The average Bonchev–Trinajstić information content (AvgIpc) is 2.93. The molecular weight excluding hydrogens is 529 g/mol. The van der Waals surface area contributed by atoms with E-state index in [1.165, 1.54) is 6.07 Å². The fourth-order valence-corrected chi connectivity index (χ4v) is 5.61. The molecule has 214 valence electrons. The highest BCUT2D eigenvalue weighted by molar-refractivity contribution is 5.88. The summed E-state index contributed by atoms with van der Waals surface area (Å²) >= 11 is 0. The lowest BCUT2D eigenvalue weighted by molar-refractivity contribution is -0.137. The highest BCUT2D eigenvalue weighted by atomic mass is 19.4. The lowest BCUT2D eigenvalue weighted by atomic mass is 9.73. The van der Waals surface area contributed by atoms with Crippen molar-refractivity contribution in [3.63, 3.8) is 0 Å². The summed E-state index contributed by atoms with van der Waals surface area (Å²) in [6.45, 7) is 6.67. The van der Waals surface area contributed by atoms with Crippen LogP contribution in [0.5, 0.6) is 0 Å². The molecule has 3 amide bonds. The minimum atomic E-state index is -4.47. The first-order valence-electron chi connectivity index (χ1n) is 13.7. The molecule has 41 heavy (non-hydrogen) atoms. The maximum atomic E-state index is 13.6. The molecule has 1 aliphatic heterocycles. The summed E-state index contributed by atoms with van der Waals surface area (Å²) in [5.41, 5.74) is 2.62. The molecule has 2 N–H and O–H groups in total. The Morgan fingerprint density at radius 2 is 1.83 bits per heavy atom. The molecule has 5 rings (SSSR count). The molecule has 1 aliphatic carbocycles. The number of alkyl halides is 3. The lowest BCUT2D eigenvalue weighted by Gasteiger charge is -2.41. The van der Waals surface area contributed by atoms with Crippen LogP contribution < -0.4 is 10.6 Å². The number of pyridine rings is 1. The van der Waals surface area contributed by atoms with Gasteiger partial charge in [0.05, 0.1) is 17.0 Å². The van der Waals surface area contributed by atoms with E-state index in [0.717, 1.165) is 34.2 Å². The second kappa shape index (κ2) is 11.0. The number of hydrogen-bond acceptors (Lipinski definition) is 3. The Kier molecular flexibility index (Phi) is 7.64. The van der Waals surface area contributed by atoms with E-state index in [1.807, 2.05) is 51.1 Å². The molecule has 1 saturated heterocycles. The summed E-state index contributed by atoms with van der Waals surface area (Å²) in [6.07, 6.45) is 1.23. The third kappa shape index (κ3) is 6.29. The third-order valence-electron chi connectivity index (χ3n) is 7.53. The number of rotatable bonds is 4. The van der Waals surface area contributed by atoms with Crippen molar-refractivity contribution in [3.8, 4) is 0 Å². The highest BCUT2D eigenvalue weighted by Gasteiger charge is 2.39. The molecule has 1 fully saturated rings. The van der Waals surface area contributed by atoms with Crippen molar-refractivity contribution in [3.05, 3.63) is 95.2 Å². The van der Waals surface area contributed by atoms with Crippen LogP contribution in [0.25, 0.3) is 16.5 Å². The van der Waals surface area contributed by atoms with Crippen molar-refractivity contribution in [2.24, 2.45) is 11.8 Å². The van der Waals surface area contributed by atoms with Crippen LogP contribution in [0.2, 0.25) is 0 Å². The quantitative estimate of drug-likeness (QED) is 0.390. The van der Waals surface area contributed by atoms with Crippen LogP contribution in [-0.2, 0) is 17.5 Å². The number of allylic oxidation sites excluding steroid dienone is 2. The molecule has 2 unspecified atom stereocenters. The van der Waals surface area contributed by atoms with E-state index in [9.17, 15) is 22.8 Å². The van der Waals surface area contributed by atoms with Crippen LogP contribution in [0.15, 0.2) is 78.5 Å². The Morgan fingerprint density at radius 1 is 1.05 bits per heavy atom. The van der Waals surface area contributed by atoms with E-state index in [-0.39, 0.29) is 24.4 Å². The van der Waals surface area contributed by atoms with Crippen molar-refractivity contribution in [2.45, 2.75) is 45.5 Å². The Hall–Kier alpha value is -4.14. The number of piperidine rings is 1. The number of fused-ring (bicyclic) bond motifs is 2. The average molecular weight is 563 g/mol. The number of carbonyl (C=O) groups is 2. The summed E-state index contributed by atoms with van der Waals surface area (Å²) in [7, 11) is 0. The fraction of sp³-hybridized carbons (Fsp3) is 0.344. The second-order valence-electron chi connectivity index (χ2n) is 11.6. The summed E-state index contributed by atoms with van der Waals surface area (Å²) in [6, 6.07) is 14.6. The van der Waals surface area contributed by atoms with Crippen LogP contribution in [-0.4, -0.2) is 40.5 Å². The van der Waals surface area contributed by atoms with Crippen LogP contribution in [0.1, 0.15) is 43.9 Å². The zero-order chi connectivity index (χ0) is 29.4. The number of aromatic nitrogens is 1. The Labute approximate surface area is 237 Å². The number of amides is 3. The van der Waals surface area contributed by atoms with Gasteiger partial charge in [-0.25, -0.2) is 4.79 Å². The predicted molar refractivity (Wildman–Crippen MR) is 153 cm³/mol. The molecule has 0 radical (unpaired) electrons. The SMILES string of the molecule is CC(C)(C)NC(=O)N1CCC2=C(c3cccc(C(F)(F)F)c3)C=CC(C(=O)NCc3cccc4ncccc34)C2C1. The first kappa shape index (κ1) is 28.4. The molecule has 9 heteroatoms. The smallest absolute Gasteiger partial charge is 0.351 e. The summed E-state index contributed by atoms with van der Waals surface area (Å²) in [5, 5.41) is 6.98. The van der Waals surface area contributed by atoms with Gasteiger partial charge in [-0.3, -0.25) is 9.78 Å². The van der Waals surface area contributed by atoms with E-state index in [0.29, 0.717) is 30.6 Å². The molecule has 0 saturated carbocycles. The van der Waals surface area contributed by atoms with Crippen molar-refractivity contribution < 1.29 is 22.8 Å². The zero-order valence-corrected chi connectivity index (χ0v) is 23.3. The van der Waals surface area contributed by atoms with Crippen LogP contribution in [0.3, 0.4) is 0 Å². The Bertz CT molecular complexity index is 1530. The first-order valence-corrected chi connectivity index (χ1v) is 13.7. The molecule has 2 heterocycles. The van der Waals surface area contributed by atoms with Crippen molar-refractivity contribution in [1.29, 1.82) is 0 Å². The second-order valence-corrected chi connectivity index (χ2v) is 11.6. The largest absolute Gasteiger partial charge is 0.416 e. The lowest BCUT2D eigenvalue weighted by Crippen LogP contribution is -2.53. The topological polar surface area (TPSA) is 74.3 Å². The fourth-order valence-electron chi connectivity index (χ4n) is 5.61. The molecule has 2 aliphatic rings. The van der Waals surface area contributed by atoms with E-state index in [1.54, 1.807) is 29.3 Å². The molecule has 0 bridgehead atoms. The number of carbonyl (C=O) groups excluding carboxylic acids is 2. The Morgan fingerprint density at radius 3 is 2.59 bits per heavy atom. The van der Waals surface area contributed by atoms with Crippen LogP contribution >= 0.6 is 0 Å². The summed E-state index contributed by atoms with van der Waals surface area (Å²) < 4.78 is 40.5. The van der Waals surface area contributed by atoms with Gasteiger partial charge in [-0.15, -0.1) is 0 Å². The van der Waals surface area contributed by atoms with Gasteiger partial charge in [0.25, 0.3) is 0 Å². The summed E-state index contributed by atoms with van der Waals surface area (Å²) in [4.78, 5) is 32.8. The molecular formula is C32H33F3N4O2. The Balaban J connectivity index is 1.44. The zero-order valence-electron chi connectivity index (χ0n) is 23.3. The molecule has 2 atom stereocenters. The maximum Gasteiger partial charge on any atom is 0.416 e. The van der Waals surface area contributed by atoms with Crippen molar-refractivity contribution in [2.75, 3.05) is 13.1 Å². The molecule has 3 aromatic rings. The van der Waals surface area contributed by atoms with Crippen molar-refractivity contribution in [1.82, 2.24) is 20.5 Å². The number of nitrogens with one attached hydrogen (secondary N) is 2. The van der Waals surface area contributed by atoms with E-state index in [4.69, 9.17) is 0 Å². The predicted octanol–water partition coefficient (Wildman–Crippen LogP) is 6.34. The number of benzene rings is 2. The summed E-state index contributed by atoms with van der Waals surface area (Å²) in [5.74, 6) is -1.16.